The topological polar surface area (TPSA) is 169 Å². The van der Waals surface area contributed by atoms with E-state index in [1.54, 1.807) is 34.7 Å². The molecule has 294 valence electrons. The molecular formula is C37H70N2O11. The van der Waals surface area contributed by atoms with Crippen LogP contribution < -0.4 is 5.32 Å². The number of ether oxygens (including phenoxy) is 6. The van der Waals surface area contributed by atoms with Gasteiger partial charge in [-0.3, -0.25) is 4.79 Å². The van der Waals surface area contributed by atoms with Gasteiger partial charge >= 0.3 is 5.97 Å². The molecule has 3 aliphatic rings. The fourth-order valence-corrected chi connectivity index (χ4v) is 8.49. The predicted octanol–water partition coefficient (Wildman–Crippen LogP) is 2.44. The van der Waals surface area contributed by atoms with Gasteiger partial charge in [-0.25, -0.2) is 0 Å². The van der Waals surface area contributed by atoms with Crippen molar-refractivity contribution in [2.45, 2.75) is 180 Å². The first-order chi connectivity index (χ1) is 23.2. The predicted molar refractivity (Wildman–Crippen MR) is 188 cm³/mol. The van der Waals surface area contributed by atoms with Crippen LogP contribution in [0.15, 0.2) is 0 Å². The molecule has 0 radical (unpaired) electrons. The van der Waals surface area contributed by atoms with E-state index in [-0.39, 0.29) is 36.4 Å². The van der Waals surface area contributed by atoms with Crippen LogP contribution in [0.2, 0.25) is 0 Å². The van der Waals surface area contributed by atoms with E-state index in [4.69, 9.17) is 28.4 Å². The highest BCUT2D eigenvalue weighted by Crippen LogP contribution is 2.39. The Bertz CT molecular complexity index is 1070. The molecule has 0 saturated carbocycles. The average molecular weight is 719 g/mol. The second kappa shape index (κ2) is 17.9. The number of methoxy groups -OCH3 is 1. The molecule has 0 aliphatic carbocycles. The summed E-state index contributed by atoms with van der Waals surface area (Å²) in [6.45, 7) is 19.1. The Morgan fingerprint density at radius 2 is 1.60 bits per heavy atom. The van der Waals surface area contributed by atoms with E-state index < -0.39 is 84.3 Å². The van der Waals surface area contributed by atoms with Crippen LogP contribution in [0.5, 0.6) is 0 Å². The van der Waals surface area contributed by atoms with Crippen molar-refractivity contribution in [2.24, 2.45) is 23.7 Å². The summed E-state index contributed by atoms with van der Waals surface area (Å²) in [6.07, 6.45) is -6.46. The maximum Gasteiger partial charge on any atom is 0.311 e. The molecule has 0 aromatic heterocycles. The van der Waals surface area contributed by atoms with E-state index in [1.165, 1.54) is 7.11 Å². The zero-order chi connectivity index (χ0) is 37.9. The second-order valence-electron chi connectivity index (χ2n) is 16.3. The van der Waals surface area contributed by atoms with Gasteiger partial charge in [0.2, 0.25) is 0 Å². The summed E-state index contributed by atoms with van der Waals surface area (Å²) >= 11 is 0. The van der Waals surface area contributed by atoms with Crippen LogP contribution in [0.25, 0.3) is 0 Å². The largest absolute Gasteiger partial charge is 0.462 e. The van der Waals surface area contributed by atoms with Crippen molar-refractivity contribution >= 4 is 5.97 Å². The van der Waals surface area contributed by atoms with Gasteiger partial charge in [0.1, 0.15) is 18.3 Å². The third-order valence-electron chi connectivity index (χ3n) is 11.9. The number of cyclic esters (lactones) is 1. The monoisotopic (exact) mass is 718 g/mol. The van der Waals surface area contributed by atoms with E-state index in [9.17, 15) is 25.2 Å². The number of nitrogens with one attached hydrogen (secondary N) is 1. The first-order valence-corrected chi connectivity index (χ1v) is 18.7. The van der Waals surface area contributed by atoms with E-state index in [0.717, 1.165) is 0 Å². The van der Waals surface area contributed by atoms with Crippen molar-refractivity contribution in [3.63, 3.8) is 0 Å². The maximum atomic E-state index is 14.1. The fraction of sp³-hybridized carbons (Fsp3) is 0.973. The fourth-order valence-electron chi connectivity index (χ4n) is 8.49. The molecular weight excluding hydrogens is 648 g/mol. The average Bonchev–Trinajstić information content (AvgIpc) is 3.05. The van der Waals surface area contributed by atoms with Crippen molar-refractivity contribution in [3.8, 4) is 0 Å². The van der Waals surface area contributed by atoms with Gasteiger partial charge in [0, 0.05) is 44.0 Å². The van der Waals surface area contributed by atoms with Gasteiger partial charge in [-0.1, -0.05) is 27.7 Å². The number of hydrogen-bond acceptors (Lipinski definition) is 13. The van der Waals surface area contributed by atoms with Crippen LogP contribution in [0, 0.1) is 23.7 Å². The zero-order valence-corrected chi connectivity index (χ0v) is 32.9. The number of likely N-dealkylation sites (N-methyl/N-ethyl adjacent to an activating group) is 2. The van der Waals surface area contributed by atoms with Crippen molar-refractivity contribution in [1.29, 1.82) is 0 Å². The molecule has 5 N–H and O–H groups in total. The first kappa shape index (κ1) is 43.4. The number of carbonyl (C=O) groups excluding carboxylic acids is 1. The Balaban J connectivity index is 2.14. The van der Waals surface area contributed by atoms with Crippen LogP contribution in [0.1, 0.15) is 94.9 Å². The smallest absolute Gasteiger partial charge is 0.311 e. The molecule has 0 unspecified atom stereocenters. The minimum absolute atomic E-state index is 0.0485. The highest BCUT2D eigenvalue weighted by Gasteiger charge is 2.51. The SMILES string of the molecule is CC[C@H]1OC(=O)[C@H](C)[C@@H](O[C@H]2C[C@@](C)(OC)[C@@H](O)[C@H](C)O2)[C@H](C)[C@@H](O[C@@H]2O[C@H](C)C[C@H](NC)[C@H]2O)[C@](C)(O)C[C@@H](C)CN(C)[C@H](C)[C@@H](O)[C@H]1C. The molecule has 3 heterocycles. The highest BCUT2D eigenvalue weighted by molar-refractivity contribution is 5.73. The highest BCUT2D eigenvalue weighted by atomic mass is 16.7. The van der Waals surface area contributed by atoms with Crippen LogP contribution in [0.4, 0.5) is 0 Å². The van der Waals surface area contributed by atoms with Gasteiger partial charge in [0.05, 0.1) is 47.6 Å². The maximum absolute atomic E-state index is 14.1. The molecule has 13 nitrogen and oxygen atoms in total. The molecule has 0 aromatic carbocycles. The van der Waals surface area contributed by atoms with Gasteiger partial charge in [-0.2, -0.15) is 0 Å². The molecule has 13 heteroatoms. The van der Waals surface area contributed by atoms with Crippen LogP contribution in [-0.4, -0.2) is 144 Å². The number of hydrogen-bond donors (Lipinski definition) is 5. The summed E-state index contributed by atoms with van der Waals surface area (Å²) in [4.78, 5) is 16.2. The number of carbonyl (C=O) groups is 1. The van der Waals surface area contributed by atoms with Gasteiger partial charge in [0.15, 0.2) is 12.6 Å². The summed E-state index contributed by atoms with van der Waals surface area (Å²) < 4.78 is 37.6. The minimum atomic E-state index is -1.50. The lowest BCUT2D eigenvalue weighted by atomic mass is 9.77. The van der Waals surface area contributed by atoms with Crippen LogP contribution >= 0.6 is 0 Å². The summed E-state index contributed by atoms with van der Waals surface area (Å²) in [7, 11) is 5.25. The lowest BCUT2D eigenvalue weighted by Crippen LogP contribution is -2.60. The number of aliphatic hydroxyl groups is 4. The van der Waals surface area contributed by atoms with Crippen LogP contribution in [-0.2, 0) is 33.2 Å². The summed E-state index contributed by atoms with van der Waals surface area (Å²) in [5, 5.41) is 49.3. The Morgan fingerprint density at radius 3 is 2.18 bits per heavy atom. The van der Waals surface area contributed by atoms with Gasteiger partial charge in [0.25, 0.3) is 0 Å². The zero-order valence-electron chi connectivity index (χ0n) is 32.9. The molecule has 3 rings (SSSR count). The standard InChI is InChI=1S/C37H70N2O11/c1-14-27-21(4)29(40)24(7)39(12)18-19(2)16-36(9,44)33(50-35-30(41)26(38-11)15-20(3)46-35)22(5)31(23(6)34(43)48-27)49-28-17-37(10,45-13)32(42)25(8)47-28/h19-33,35,38,40-42,44H,14-18H2,1-13H3/t19-,20-,21+,22+,23-,24-,25+,26+,27-,28+,29+,30-,31+,32+,33-,35+,36-,37-/m1/s1. The molecule has 3 aliphatic heterocycles. The lowest BCUT2D eigenvalue weighted by Gasteiger charge is -2.48. The summed E-state index contributed by atoms with van der Waals surface area (Å²) in [6, 6.07) is -0.549. The molecule has 0 amide bonds. The Labute approximate surface area is 300 Å². The van der Waals surface area contributed by atoms with E-state index >= 15 is 0 Å². The molecule has 0 aromatic rings. The quantitative estimate of drug-likeness (QED) is 0.244. The summed E-state index contributed by atoms with van der Waals surface area (Å²) in [5.41, 5.74) is -2.48. The van der Waals surface area contributed by atoms with Gasteiger partial charge in [-0.15, -0.1) is 0 Å². The van der Waals surface area contributed by atoms with Crippen LogP contribution in [0.3, 0.4) is 0 Å². The van der Waals surface area contributed by atoms with E-state index in [1.807, 2.05) is 48.6 Å². The number of aliphatic hydroxyl groups excluding tert-OH is 3. The normalized spacial score (nSPS) is 49.5. The van der Waals surface area contributed by atoms with E-state index in [0.29, 0.717) is 25.8 Å². The summed E-state index contributed by atoms with van der Waals surface area (Å²) in [5.74, 6) is -2.48. The Morgan fingerprint density at radius 1 is 0.960 bits per heavy atom. The van der Waals surface area contributed by atoms with Crippen molar-refractivity contribution < 1.29 is 53.6 Å². The third-order valence-corrected chi connectivity index (χ3v) is 11.9. The minimum Gasteiger partial charge on any atom is -0.462 e. The Hall–Kier alpha value is -0.970. The van der Waals surface area contributed by atoms with E-state index in [2.05, 4.69) is 10.2 Å². The van der Waals surface area contributed by atoms with Crippen molar-refractivity contribution in [1.82, 2.24) is 10.2 Å². The van der Waals surface area contributed by atoms with Crippen molar-refractivity contribution in [2.75, 3.05) is 27.7 Å². The molecule has 0 spiro atoms. The number of esters is 1. The second-order valence-corrected chi connectivity index (χ2v) is 16.3. The Kier molecular flexibility index (Phi) is 15.6. The number of rotatable bonds is 7. The first-order valence-electron chi connectivity index (χ1n) is 18.7. The van der Waals surface area contributed by atoms with Gasteiger partial charge in [-0.05, 0) is 80.8 Å². The molecule has 3 saturated heterocycles. The third kappa shape index (κ3) is 9.96. The van der Waals surface area contributed by atoms with Crippen molar-refractivity contribution in [3.05, 3.63) is 0 Å². The molecule has 0 bridgehead atoms. The molecule has 3 fully saturated rings. The number of nitrogens with zero attached hydrogens (tertiary/aromatic N) is 1. The molecule has 18 atom stereocenters. The lowest BCUT2D eigenvalue weighted by molar-refractivity contribution is -0.315. The molecule has 50 heavy (non-hydrogen) atoms. The van der Waals surface area contributed by atoms with Gasteiger partial charge < -0.3 is 59.1 Å².